The third-order valence-corrected chi connectivity index (χ3v) is 5.62. The lowest BCUT2D eigenvalue weighted by atomic mass is 9.77. The Morgan fingerprint density at radius 3 is 1.57 bits per heavy atom. The van der Waals surface area contributed by atoms with Gasteiger partial charge in [0.1, 0.15) is 0 Å². The van der Waals surface area contributed by atoms with E-state index in [0.29, 0.717) is 0 Å². The van der Waals surface area contributed by atoms with Crippen molar-refractivity contribution in [1.82, 2.24) is 0 Å². The van der Waals surface area contributed by atoms with Crippen LogP contribution in [0.3, 0.4) is 0 Å². The van der Waals surface area contributed by atoms with Gasteiger partial charge in [0.25, 0.3) is 0 Å². The molecule has 128 valence electrons. The van der Waals surface area contributed by atoms with Crippen molar-refractivity contribution in [2.75, 3.05) is 0 Å². The van der Waals surface area contributed by atoms with E-state index in [1.807, 2.05) is 0 Å². The average Bonchev–Trinajstić information content (AvgIpc) is 2.50. The van der Waals surface area contributed by atoms with Gasteiger partial charge < -0.3 is 0 Å². The van der Waals surface area contributed by atoms with E-state index in [4.69, 9.17) is 11.6 Å². The molecule has 0 amide bonds. The minimum atomic E-state index is 0.0907. The Morgan fingerprint density at radius 1 is 0.619 bits per heavy atom. The van der Waals surface area contributed by atoms with Crippen LogP contribution in [-0.4, -0.2) is 4.87 Å². The number of rotatable bonds is 15. The molecule has 0 aliphatic carbocycles. The SMILES string of the molecule is CCCCCCC(CCCC)C(Cl)(CCCC)CCCC. The topological polar surface area (TPSA) is 0 Å². The number of hydrogen-bond donors (Lipinski definition) is 0. The monoisotopic (exact) mass is 316 g/mol. The van der Waals surface area contributed by atoms with Crippen molar-refractivity contribution in [1.29, 1.82) is 0 Å². The third kappa shape index (κ3) is 9.82. The fraction of sp³-hybridized carbons (Fsp3) is 1.00. The van der Waals surface area contributed by atoms with E-state index in [1.165, 1.54) is 89.9 Å². The molecule has 0 aromatic heterocycles. The maximum absolute atomic E-state index is 7.21. The molecular formula is C20H41Cl. The molecule has 0 N–H and O–H groups in total. The van der Waals surface area contributed by atoms with Gasteiger partial charge in [0.2, 0.25) is 0 Å². The Labute approximate surface area is 140 Å². The predicted octanol–water partition coefficient (Wildman–Crippen LogP) is 8.12. The summed E-state index contributed by atoms with van der Waals surface area (Å²) in [6.07, 6.45) is 18.5. The summed E-state index contributed by atoms with van der Waals surface area (Å²) in [5, 5.41) is 0. The predicted molar refractivity (Wildman–Crippen MR) is 99.4 cm³/mol. The standard InChI is InChI=1S/C20H41Cl/c1-5-9-13-14-16-19(15-10-6-2)20(21,17-11-7-3)18-12-8-4/h19H,5-18H2,1-4H3. The Balaban J connectivity index is 4.62. The van der Waals surface area contributed by atoms with Crippen LogP contribution in [-0.2, 0) is 0 Å². The fourth-order valence-corrected chi connectivity index (χ4v) is 3.89. The van der Waals surface area contributed by atoms with Crippen LogP contribution >= 0.6 is 11.6 Å². The minimum Gasteiger partial charge on any atom is -0.119 e. The average molecular weight is 317 g/mol. The summed E-state index contributed by atoms with van der Waals surface area (Å²) >= 11 is 7.21. The van der Waals surface area contributed by atoms with Crippen LogP contribution in [0.25, 0.3) is 0 Å². The molecule has 0 radical (unpaired) electrons. The lowest BCUT2D eigenvalue weighted by Crippen LogP contribution is -2.32. The first-order chi connectivity index (χ1) is 10.1. The van der Waals surface area contributed by atoms with Gasteiger partial charge in [-0.2, -0.15) is 0 Å². The summed E-state index contributed by atoms with van der Waals surface area (Å²) in [5.41, 5.74) is 0. The molecule has 21 heavy (non-hydrogen) atoms. The molecule has 0 bridgehead atoms. The highest BCUT2D eigenvalue weighted by Gasteiger charge is 2.34. The molecular weight excluding hydrogens is 276 g/mol. The lowest BCUT2D eigenvalue weighted by molar-refractivity contribution is 0.268. The minimum absolute atomic E-state index is 0.0907. The molecule has 0 heterocycles. The van der Waals surface area contributed by atoms with Crippen LogP contribution in [0.1, 0.15) is 118 Å². The summed E-state index contributed by atoms with van der Waals surface area (Å²) in [6.45, 7) is 9.18. The van der Waals surface area contributed by atoms with Crippen molar-refractivity contribution in [2.45, 2.75) is 122 Å². The molecule has 1 unspecified atom stereocenters. The molecule has 0 nitrogen and oxygen atoms in total. The molecule has 0 aromatic rings. The molecule has 0 saturated heterocycles. The van der Waals surface area contributed by atoms with Crippen molar-refractivity contribution in [2.24, 2.45) is 5.92 Å². The van der Waals surface area contributed by atoms with Crippen molar-refractivity contribution < 1.29 is 0 Å². The van der Waals surface area contributed by atoms with Crippen molar-refractivity contribution in [3.05, 3.63) is 0 Å². The van der Waals surface area contributed by atoms with E-state index in [0.717, 1.165) is 5.92 Å². The number of alkyl halides is 1. The zero-order valence-corrected chi connectivity index (χ0v) is 16.1. The number of hydrogen-bond acceptors (Lipinski definition) is 0. The van der Waals surface area contributed by atoms with Gasteiger partial charge in [-0.3, -0.25) is 0 Å². The molecule has 0 saturated carbocycles. The van der Waals surface area contributed by atoms with Gasteiger partial charge in [-0.25, -0.2) is 0 Å². The third-order valence-electron chi connectivity index (χ3n) is 4.94. The normalized spacial score (nSPS) is 13.6. The first-order valence-electron chi connectivity index (χ1n) is 9.83. The molecule has 0 aromatic carbocycles. The van der Waals surface area contributed by atoms with Gasteiger partial charge in [-0.15, -0.1) is 11.6 Å². The van der Waals surface area contributed by atoms with Crippen molar-refractivity contribution in [3.8, 4) is 0 Å². The molecule has 0 fully saturated rings. The first kappa shape index (κ1) is 21.3. The van der Waals surface area contributed by atoms with Crippen LogP contribution in [0.4, 0.5) is 0 Å². The Kier molecular flexibility index (Phi) is 14.1. The highest BCUT2D eigenvalue weighted by molar-refractivity contribution is 6.24. The van der Waals surface area contributed by atoms with Crippen LogP contribution in [0.5, 0.6) is 0 Å². The maximum atomic E-state index is 7.21. The zero-order valence-electron chi connectivity index (χ0n) is 15.4. The van der Waals surface area contributed by atoms with E-state index in [9.17, 15) is 0 Å². The molecule has 0 spiro atoms. The van der Waals surface area contributed by atoms with Crippen LogP contribution in [0.2, 0.25) is 0 Å². The van der Waals surface area contributed by atoms with E-state index in [1.54, 1.807) is 0 Å². The summed E-state index contributed by atoms with van der Waals surface area (Å²) in [4.78, 5) is 0.0907. The van der Waals surface area contributed by atoms with Crippen LogP contribution in [0, 0.1) is 5.92 Å². The van der Waals surface area contributed by atoms with Crippen LogP contribution in [0.15, 0.2) is 0 Å². The molecule has 0 aliphatic rings. The van der Waals surface area contributed by atoms with Gasteiger partial charge in [0.15, 0.2) is 0 Å². The maximum Gasteiger partial charge on any atom is 0.0475 e. The van der Waals surface area contributed by atoms with E-state index >= 15 is 0 Å². The quantitative estimate of drug-likeness (QED) is 0.211. The van der Waals surface area contributed by atoms with Gasteiger partial charge in [0.05, 0.1) is 0 Å². The Bertz CT molecular complexity index is 204. The second-order valence-electron chi connectivity index (χ2n) is 6.93. The summed E-state index contributed by atoms with van der Waals surface area (Å²) < 4.78 is 0. The van der Waals surface area contributed by atoms with Gasteiger partial charge in [-0.05, 0) is 31.6 Å². The van der Waals surface area contributed by atoms with E-state index in [2.05, 4.69) is 27.7 Å². The lowest BCUT2D eigenvalue weighted by Gasteiger charge is -2.36. The first-order valence-corrected chi connectivity index (χ1v) is 10.2. The molecule has 1 atom stereocenters. The second-order valence-corrected chi connectivity index (χ2v) is 7.68. The molecule has 0 aliphatic heterocycles. The second kappa shape index (κ2) is 13.9. The van der Waals surface area contributed by atoms with Gasteiger partial charge in [0, 0.05) is 4.87 Å². The summed E-state index contributed by atoms with van der Waals surface area (Å²) in [7, 11) is 0. The van der Waals surface area contributed by atoms with Crippen molar-refractivity contribution >= 4 is 11.6 Å². The molecule has 0 rings (SSSR count). The largest absolute Gasteiger partial charge is 0.119 e. The number of halogens is 1. The zero-order chi connectivity index (χ0) is 16.0. The van der Waals surface area contributed by atoms with E-state index < -0.39 is 0 Å². The highest BCUT2D eigenvalue weighted by Crippen LogP contribution is 2.41. The van der Waals surface area contributed by atoms with Crippen LogP contribution < -0.4 is 0 Å². The van der Waals surface area contributed by atoms with Gasteiger partial charge in [-0.1, -0.05) is 91.9 Å². The Morgan fingerprint density at radius 2 is 1.10 bits per heavy atom. The van der Waals surface area contributed by atoms with Crippen molar-refractivity contribution in [3.63, 3.8) is 0 Å². The smallest absolute Gasteiger partial charge is 0.0475 e. The summed E-state index contributed by atoms with van der Waals surface area (Å²) in [6, 6.07) is 0. The molecule has 1 heteroatoms. The van der Waals surface area contributed by atoms with Gasteiger partial charge >= 0.3 is 0 Å². The van der Waals surface area contributed by atoms with E-state index in [-0.39, 0.29) is 4.87 Å². The fourth-order valence-electron chi connectivity index (χ4n) is 3.40. The number of unbranched alkanes of at least 4 members (excludes halogenated alkanes) is 6. The summed E-state index contributed by atoms with van der Waals surface area (Å²) in [5.74, 6) is 0.745. The Hall–Kier alpha value is 0.290. The highest BCUT2D eigenvalue weighted by atomic mass is 35.5.